The first-order valence-electron chi connectivity index (χ1n) is 6.35. The maximum Gasteiger partial charge on any atom is 0.124 e. The van der Waals surface area contributed by atoms with Crippen LogP contribution in [0, 0.1) is 5.82 Å². The third kappa shape index (κ3) is 1.13. The lowest BCUT2D eigenvalue weighted by atomic mass is 9.78. The molecular weight excluding hydrogens is 239 g/mol. The highest BCUT2D eigenvalue weighted by atomic mass is 19.1. The van der Waals surface area contributed by atoms with Crippen molar-refractivity contribution in [3.05, 3.63) is 59.4 Å². The van der Waals surface area contributed by atoms with Crippen molar-refractivity contribution < 1.29 is 4.39 Å². The quantitative estimate of drug-likeness (QED) is 0.699. The molecule has 0 aromatic heterocycles. The number of hydrogen-bond acceptors (Lipinski definition) is 2. The molecule has 2 aliphatic rings. The number of benzene rings is 2. The highest BCUT2D eigenvalue weighted by molar-refractivity contribution is 6.17. The molecule has 0 unspecified atom stereocenters. The summed E-state index contributed by atoms with van der Waals surface area (Å²) >= 11 is 0. The SMILES string of the molecule is CN1C2=Nc3ccc(F)cc3[C@]2(C)c2ccccc21. The van der Waals surface area contributed by atoms with E-state index in [1.165, 1.54) is 11.6 Å². The minimum Gasteiger partial charge on any atom is -0.332 e. The van der Waals surface area contributed by atoms with E-state index >= 15 is 0 Å². The molecule has 2 aliphatic heterocycles. The van der Waals surface area contributed by atoms with E-state index < -0.39 is 0 Å². The number of para-hydroxylation sites is 1. The molecule has 0 fully saturated rings. The normalized spacial score (nSPS) is 22.9. The van der Waals surface area contributed by atoms with Crippen molar-refractivity contribution in [3.63, 3.8) is 0 Å². The van der Waals surface area contributed by atoms with Gasteiger partial charge in [-0.15, -0.1) is 0 Å². The number of hydrogen-bond donors (Lipinski definition) is 0. The summed E-state index contributed by atoms with van der Waals surface area (Å²) in [5.41, 5.74) is 3.85. The molecule has 94 valence electrons. The fraction of sp³-hybridized carbons (Fsp3) is 0.188. The predicted molar refractivity (Wildman–Crippen MR) is 74.8 cm³/mol. The summed E-state index contributed by atoms with van der Waals surface area (Å²) in [6.07, 6.45) is 0. The van der Waals surface area contributed by atoms with Crippen LogP contribution in [0.25, 0.3) is 0 Å². The lowest BCUT2D eigenvalue weighted by molar-refractivity contribution is 0.622. The van der Waals surface area contributed by atoms with E-state index in [9.17, 15) is 4.39 Å². The molecule has 0 N–H and O–H groups in total. The van der Waals surface area contributed by atoms with Crippen molar-refractivity contribution in [2.75, 3.05) is 11.9 Å². The lowest BCUT2D eigenvalue weighted by Crippen LogP contribution is -2.34. The van der Waals surface area contributed by atoms with Gasteiger partial charge in [0.25, 0.3) is 0 Å². The zero-order valence-corrected chi connectivity index (χ0v) is 10.8. The predicted octanol–water partition coefficient (Wildman–Crippen LogP) is 3.63. The maximum atomic E-state index is 13.6. The monoisotopic (exact) mass is 252 g/mol. The summed E-state index contributed by atoms with van der Waals surface area (Å²) in [6.45, 7) is 2.12. The maximum absolute atomic E-state index is 13.6. The Labute approximate surface area is 111 Å². The summed E-state index contributed by atoms with van der Waals surface area (Å²) in [5.74, 6) is 0.776. The fourth-order valence-corrected chi connectivity index (χ4v) is 3.33. The molecule has 2 aromatic carbocycles. The average molecular weight is 252 g/mol. The van der Waals surface area contributed by atoms with Gasteiger partial charge in [0.05, 0.1) is 11.1 Å². The van der Waals surface area contributed by atoms with Crippen LogP contribution in [0.4, 0.5) is 15.8 Å². The second-order valence-corrected chi connectivity index (χ2v) is 5.30. The molecule has 1 atom stereocenters. The van der Waals surface area contributed by atoms with Crippen molar-refractivity contribution in [2.24, 2.45) is 4.99 Å². The molecule has 0 amide bonds. The minimum absolute atomic E-state index is 0.205. The zero-order chi connectivity index (χ0) is 13.2. The Morgan fingerprint density at radius 3 is 2.74 bits per heavy atom. The van der Waals surface area contributed by atoms with Gasteiger partial charge in [-0.3, -0.25) is 0 Å². The minimum atomic E-state index is -0.331. The van der Waals surface area contributed by atoms with E-state index in [4.69, 9.17) is 4.99 Å². The Kier molecular flexibility index (Phi) is 1.83. The van der Waals surface area contributed by atoms with Gasteiger partial charge in [-0.1, -0.05) is 18.2 Å². The molecule has 3 heteroatoms. The molecule has 2 nitrogen and oxygen atoms in total. The first-order valence-corrected chi connectivity index (χ1v) is 6.35. The van der Waals surface area contributed by atoms with Crippen molar-refractivity contribution in [2.45, 2.75) is 12.3 Å². The van der Waals surface area contributed by atoms with Gasteiger partial charge in [0, 0.05) is 12.7 Å². The van der Waals surface area contributed by atoms with Gasteiger partial charge in [-0.2, -0.15) is 0 Å². The molecular formula is C16H13FN2. The highest BCUT2D eigenvalue weighted by Crippen LogP contribution is 2.52. The van der Waals surface area contributed by atoms with Crippen LogP contribution in [0.5, 0.6) is 0 Å². The van der Waals surface area contributed by atoms with Crippen molar-refractivity contribution in [3.8, 4) is 0 Å². The van der Waals surface area contributed by atoms with Gasteiger partial charge in [0.2, 0.25) is 0 Å². The number of aliphatic imine (C=N–C) groups is 1. The van der Waals surface area contributed by atoms with E-state index in [1.54, 1.807) is 12.1 Å². The number of nitrogens with zero attached hydrogens (tertiary/aromatic N) is 2. The molecule has 2 aromatic rings. The lowest BCUT2D eigenvalue weighted by Gasteiger charge is -2.22. The standard InChI is InChI=1S/C16H13FN2/c1-16-11-5-3-4-6-14(11)19(2)15(16)18-13-8-7-10(17)9-12(13)16/h3-9H,1-2H3/t16-/m0/s1. The largest absolute Gasteiger partial charge is 0.332 e. The van der Waals surface area contributed by atoms with Crippen molar-refractivity contribution >= 4 is 17.2 Å². The molecule has 0 spiro atoms. The van der Waals surface area contributed by atoms with Gasteiger partial charge in [0.1, 0.15) is 11.7 Å². The highest BCUT2D eigenvalue weighted by Gasteiger charge is 2.49. The number of amidine groups is 1. The number of likely N-dealkylation sites (N-methyl/N-ethyl adjacent to an activating group) is 1. The van der Waals surface area contributed by atoms with Gasteiger partial charge in [0.15, 0.2) is 0 Å². The summed E-state index contributed by atoms with van der Waals surface area (Å²) in [4.78, 5) is 6.80. The van der Waals surface area contributed by atoms with Gasteiger partial charge in [-0.05, 0) is 42.3 Å². The third-order valence-electron chi connectivity index (χ3n) is 4.29. The second kappa shape index (κ2) is 3.23. The van der Waals surface area contributed by atoms with E-state index in [-0.39, 0.29) is 11.2 Å². The first-order chi connectivity index (χ1) is 9.12. The van der Waals surface area contributed by atoms with Gasteiger partial charge in [-0.25, -0.2) is 9.38 Å². The summed E-state index contributed by atoms with van der Waals surface area (Å²) in [6, 6.07) is 13.1. The van der Waals surface area contributed by atoms with E-state index in [0.29, 0.717) is 0 Å². The zero-order valence-electron chi connectivity index (χ0n) is 10.8. The molecule has 2 heterocycles. The van der Waals surface area contributed by atoms with Gasteiger partial charge >= 0.3 is 0 Å². The van der Waals surface area contributed by atoms with Crippen LogP contribution in [0.1, 0.15) is 18.1 Å². The van der Waals surface area contributed by atoms with Crippen LogP contribution in [-0.4, -0.2) is 12.9 Å². The van der Waals surface area contributed by atoms with Crippen LogP contribution < -0.4 is 4.90 Å². The number of halogens is 1. The fourth-order valence-electron chi connectivity index (χ4n) is 3.33. The van der Waals surface area contributed by atoms with E-state index in [1.807, 2.05) is 19.2 Å². The molecule has 0 radical (unpaired) electrons. The van der Waals surface area contributed by atoms with Crippen molar-refractivity contribution in [1.29, 1.82) is 0 Å². The number of anilines is 1. The Morgan fingerprint density at radius 1 is 1.11 bits per heavy atom. The average Bonchev–Trinajstić information content (AvgIpc) is 2.82. The third-order valence-corrected chi connectivity index (χ3v) is 4.29. The number of rotatable bonds is 0. The Balaban J connectivity index is 2.07. The summed E-state index contributed by atoms with van der Waals surface area (Å²) in [5, 5.41) is 0. The first kappa shape index (κ1) is 10.7. The topological polar surface area (TPSA) is 15.6 Å². The second-order valence-electron chi connectivity index (χ2n) is 5.30. The molecule has 0 bridgehead atoms. The van der Waals surface area contributed by atoms with Crippen LogP contribution >= 0.6 is 0 Å². The molecule has 0 saturated carbocycles. The van der Waals surface area contributed by atoms with Crippen LogP contribution in [-0.2, 0) is 5.41 Å². The van der Waals surface area contributed by atoms with Crippen LogP contribution in [0.3, 0.4) is 0 Å². The van der Waals surface area contributed by atoms with E-state index in [2.05, 4.69) is 24.0 Å². The number of fused-ring (bicyclic) bond motifs is 5. The molecule has 0 saturated heterocycles. The smallest absolute Gasteiger partial charge is 0.124 e. The molecule has 19 heavy (non-hydrogen) atoms. The Hall–Kier alpha value is -2.16. The van der Waals surface area contributed by atoms with E-state index in [0.717, 1.165) is 22.8 Å². The molecule has 0 aliphatic carbocycles. The molecule has 4 rings (SSSR count). The van der Waals surface area contributed by atoms with Crippen LogP contribution in [0.15, 0.2) is 47.5 Å². The Bertz CT molecular complexity index is 735. The summed E-state index contributed by atoms with van der Waals surface area (Å²) in [7, 11) is 2.02. The van der Waals surface area contributed by atoms with Crippen LogP contribution in [0.2, 0.25) is 0 Å². The van der Waals surface area contributed by atoms with Gasteiger partial charge < -0.3 is 4.90 Å². The van der Waals surface area contributed by atoms with Crippen molar-refractivity contribution in [1.82, 2.24) is 0 Å². The summed E-state index contributed by atoms with van der Waals surface area (Å²) < 4.78 is 13.6. The Morgan fingerprint density at radius 2 is 1.89 bits per heavy atom.